The summed E-state index contributed by atoms with van der Waals surface area (Å²) in [5, 5.41) is 5.25. The summed E-state index contributed by atoms with van der Waals surface area (Å²) in [5.41, 5.74) is 0.108. The molecule has 27 heavy (non-hydrogen) atoms. The highest BCUT2D eigenvalue weighted by atomic mass is 35.5. The summed E-state index contributed by atoms with van der Waals surface area (Å²) in [6, 6.07) is 4.17. The Morgan fingerprint density at radius 3 is 2.67 bits per heavy atom. The maximum atomic E-state index is 12.5. The zero-order valence-corrected chi connectivity index (χ0v) is 16.2. The lowest BCUT2D eigenvalue weighted by Crippen LogP contribution is -2.38. The van der Waals surface area contributed by atoms with Gasteiger partial charge in [0.25, 0.3) is 5.91 Å². The fourth-order valence-electron chi connectivity index (χ4n) is 2.71. The molecule has 1 saturated carbocycles. The van der Waals surface area contributed by atoms with Crippen LogP contribution < -0.4 is 15.4 Å². The van der Waals surface area contributed by atoms with Gasteiger partial charge in [-0.25, -0.2) is 13.1 Å². The predicted octanol–water partition coefficient (Wildman–Crippen LogP) is 0.806. The molecule has 2 fully saturated rings. The van der Waals surface area contributed by atoms with E-state index in [1.54, 1.807) is 0 Å². The van der Waals surface area contributed by atoms with Crippen molar-refractivity contribution in [1.82, 2.24) is 15.4 Å². The highest BCUT2D eigenvalue weighted by Gasteiger charge is 2.25. The van der Waals surface area contributed by atoms with Crippen LogP contribution in [0.25, 0.3) is 0 Å². The first-order valence-electron chi connectivity index (χ1n) is 8.83. The van der Waals surface area contributed by atoms with Crippen LogP contribution in [0.4, 0.5) is 0 Å². The van der Waals surface area contributed by atoms with Crippen LogP contribution >= 0.6 is 11.6 Å². The third kappa shape index (κ3) is 5.65. The molecular weight excluding hydrogens is 394 g/mol. The maximum absolute atomic E-state index is 12.5. The molecule has 2 amide bonds. The highest BCUT2D eigenvalue weighted by molar-refractivity contribution is 7.89. The van der Waals surface area contributed by atoms with Crippen molar-refractivity contribution < 1.29 is 22.7 Å². The first kappa shape index (κ1) is 20.1. The number of nitrogens with one attached hydrogen (secondary N) is 3. The number of benzene rings is 1. The molecular formula is C17H22ClN3O5S. The van der Waals surface area contributed by atoms with Gasteiger partial charge in [0, 0.05) is 24.8 Å². The van der Waals surface area contributed by atoms with E-state index in [2.05, 4.69) is 15.4 Å². The number of carbonyl (C=O) groups excluding carboxylic acids is 2. The van der Waals surface area contributed by atoms with Crippen molar-refractivity contribution in [3.8, 4) is 0 Å². The van der Waals surface area contributed by atoms with Crippen molar-refractivity contribution in [3.63, 3.8) is 0 Å². The van der Waals surface area contributed by atoms with Gasteiger partial charge in [-0.3, -0.25) is 9.59 Å². The first-order valence-corrected chi connectivity index (χ1v) is 10.7. The molecule has 0 radical (unpaired) electrons. The smallest absolute Gasteiger partial charge is 0.251 e. The summed E-state index contributed by atoms with van der Waals surface area (Å²) in [7, 11) is -3.89. The number of sulfonamides is 1. The van der Waals surface area contributed by atoms with E-state index in [1.807, 2.05) is 0 Å². The summed E-state index contributed by atoms with van der Waals surface area (Å²) in [6.45, 7) is 0.602. The van der Waals surface area contributed by atoms with Crippen LogP contribution in [-0.2, 0) is 19.6 Å². The minimum absolute atomic E-state index is 0.0119. The van der Waals surface area contributed by atoms with E-state index in [1.165, 1.54) is 18.2 Å². The van der Waals surface area contributed by atoms with E-state index in [9.17, 15) is 18.0 Å². The minimum atomic E-state index is -3.89. The Bertz CT molecular complexity index is 820. The Labute approximate surface area is 163 Å². The lowest BCUT2D eigenvalue weighted by molar-refractivity contribution is -0.120. The van der Waals surface area contributed by atoms with E-state index in [-0.39, 0.29) is 46.6 Å². The molecule has 1 aliphatic carbocycles. The number of amides is 2. The van der Waals surface area contributed by atoms with Crippen molar-refractivity contribution in [2.24, 2.45) is 0 Å². The van der Waals surface area contributed by atoms with Gasteiger partial charge in [0.1, 0.15) is 4.90 Å². The monoisotopic (exact) mass is 415 g/mol. The van der Waals surface area contributed by atoms with Gasteiger partial charge < -0.3 is 15.4 Å². The molecule has 0 aromatic heterocycles. The zero-order valence-electron chi connectivity index (χ0n) is 14.7. The molecule has 1 aliphatic heterocycles. The van der Waals surface area contributed by atoms with Crippen molar-refractivity contribution >= 4 is 33.4 Å². The van der Waals surface area contributed by atoms with Crippen molar-refractivity contribution in [2.75, 3.05) is 19.7 Å². The second-order valence-electron chi connectivity index (χ2n) is 6.66. The maximum Gasteiger partial charge on any atom is 0.251 e. The Kier molecular flexibility index (Phi) is 6.36. The van der Waals surface area contributed by atoms with Gasteiger partial charge in [0.05, 0.1) is 17.7 Å². The van der Waals surface area contributed by atoms with Gasteiger partial charge in [-0.2, -0.15) is 0 Å². The van der Waals surface area contributed by atoms with Crippen LogP contribution in [0.2, 0.25) is 5.02 Å². The Morgan fingerprint density at radius 1 is 1.22 bits per heavy atom. The summed E-state index contributed by atoms with van der Waals surface area (Å²) in [5.74, 6) is -0.820. The average Bonchev–Trinajstić information content (AvgIpc) is 3.28. The van der Waals surface area contributed by atoms with E-state index in [0.717, 1.165) is 25.7 Å². The highest BCUT2D eigenvalue weighted by Crippen LogP contribution is 2.23. The van der Waals surface area contributed by atoms with Crippen LogP contribution in [0.1, 0.15) is 36.0 Å². The molecule has 3 rings (SSSR count). The van der Waals surface area contributed by atoms with Crippen LogP contribution in [0.5, 0.6) is 0 Å². The van der Waals surface area contributed by atoms with E-state index in [0.29, 0.717) is 6.61 Å². The lowest BCUT2D eigenvalue weighted by atomic mass is 10.2. The molecule has 1 atom stereocenters. The molecule has 1 saturated heterocycles. The Morgan fingerprint density at radius 2 is 2.00 bits per heavy atom. The topological polar surface area (TPSA) is 114 Å². The molecule has 3 N–H and O–H groups in total. The number of carbonyl (C=O) groups is 2. The molecule has 1 aromatic carbocycles. The largest absolute Gasteiger partial charge is 0.377 e. The quantitative estimate of drug-likeness (QED) is 0.581. The Balaban J connectivity index is 1.63. The Hall–Kier alpha value is -1.68. The minimum Gasteiger partial charge on any atom is -0.377 e. The average molecular weight is 416 g/mol. The van der Waals surface area contributed by atoms with Crippen LogP contribution in [-0.4, -0.2) is 52.1 Å². The van der Waals surface area contributed by atoms with Crippen LogP contribution in [0.15, 0.2) is 23.1 Å². The summed E-state index contributed by atoms with van der Waals surface area (Å²) in [4.78, 5) is 23.7. The lowest BCUT2D eigenvalue weighted by Gasteiger charge is -2.13. The van der Waals surface area contributed by atoms with Crippen molar-refractivity contribution in [3.05, 3.63) is 28.8 Å². The van der Waals surface area contributed by atoms with Crippen LogP contribution in [0.3, 0.4) is 0 Å². The molecule has 148 valence electrons. The molecule has 1 aromatic rings. The van der Waals surface area contributed by atoms with E-state index in [4.69, 9.17) is 16.3 Å². The fourth-order valence-corrected chi connectivity index (χ4v) is 4.30. The standard InChI is InChI=1S/C17H22ClN3O5S/c18-14-6-3-11(17(23)19-10-16(22)21-12-4-5-12)8-15(14)27(24,25)20-9-13-2-1-7-26-13/h3,6,8,12-13,20H,1-2,4-5,7,9-10H2,(H,19,23)(H,21,22)/t13-/m0/s1. The van der Waals surface area contributed by atoms with Gasteiger partial charge in [0.2, 0.25) is 15.9 Å². The summed E-state index contributed by atoms with van der Waals surface area (Å²) < 4.78 is 32.9. The second kappa shape index (κ2) is 8.55. The number of hydrogen-bond donors (Lipinski definition) is 3. The molecule has 0 spiro atoms. The molecule has 8 nitrogen and oxygen atoms in total. The third-order valence-electron chi connectivity index (χ3n) is 4.36. The fraction of sp³-hybridized carbons (Fsp3) is 0.529. The molecule has 0 bridgehead atoms. The zero-order chi connectivity index (χ0) is 19.4. The van der Waals surface area contributed by atoms with Crippen molar-refractivity contribution in [2.45, 2.75) is 42.7 Å². The molecule has 2 aliphatic rings. The molecule has 1 heterocycles. The van der Waals surface area contributed by atoms with Gasteiger partial charge >= 0.3 is 0 Å². The van der Waals surface area contributed by atoms with E-state index < -0.39 is 15.9 Å². The predicted molar refractivity (Wildman–Crippen MR) is 99.1 cm³/mol. The number of rotatable bonds is 8. The number of ether oxygens (including phenoxy) is 1. The third-order valence-corrected chi connectivity index (χ3v) is 6.27. The molecule has 0 unspecified atom stereocenters. The first-order chi connectivity index (χ1) is 12.8. The van der Waals surface area contributed by atoms with E-state index >= 15 is 0 Å². The second-order valence-corrected chi connectivity index (χ2v) is 8.80. The number of hydrogen-bond acceptors (Lipinski definition) is 5. The van der Waals surface area contributed by atoms with Gasteiger partial charge in [-0.1, -0.05) is 11.6 Å². The van der Waals surface area contributed by atoms with Crippen molar-refractivity contribution in [1.29, 1.82) is 0 Å². The van der Waals surface area contributed by atoms with Gasteiger partial charge in [-0.15, -0.1) is 0 Å². The SMILES string of the molecule is O=C(CNC(=O)c1ccc(Cl)c(S(=O)(=O)NC[C@@H]2CCCO2)c1)NC1CC1. The van der Waals surface area contributed by atoms with Crippen LogP contribution in [0, 0.1) is 0 Å². The summed E-state index contributed by atoms with van der Waals surface area (Å²) >= 11 is 6.03. The molecule has 10 heteroatoms. The summed E-state index contributed by atoms with van der Waals surface area (Å²) in [6.07, 6.45) is 3.45. The van der Waals surface area contributed by atoms with Gasteiger partial charge in [-0.05, 0) is 43.9 Å². The number of halogens is 1. The van der Waals surface area contributed by atoms with Gasteiger partial charge in [0.15, 0.2) is 0 Å². The normalized spacial score (nSPS) is 19.7.